The van der Waals surface area contributed by atoms with E-state index in [1.165, 1.54) is 5.56 Å². The van der Waals surface area contributed by atoms with Crippen LogP contribution in [0.25, 0.3) is 0 Å². The summed E-state index contributed by atoms with van der Waals surface area (Å²) in [6, 6.07) is 17.5. The highest BCUT2D eigenvalue weighted by atomic mass is 14.9. The second kappa shape index (κ2) is 6.47. The van der Waals surface area contributed by atoms with Crippen LogP contribution in [0.2, 0.25) is 0 Å². The van der Waals surface area contributed by atoms with Gasteiger partial charge in [0.15, 0.2) is 0 Å². The van der Waals surface area contributed by atoms with Crippen molar-refractivity contribution in [3.8, 4) is 0 Å². The fourth-order valence-corrected chi connectivity index (χ4v) is 2.14. The maximum atomic E-state index is 3.44. The molecule has 0 aliphatic rings. The van der Waals surface area contributed by atoms with Gasteiger partial charge in [-0.1, -0.05) is 32.0 Å². The maximum Gasteiger partial charge on any atom is 0.0404 e. The van der Waals surface area contributed by atoms with Crippen LogP contribution in [0.4, 0.5) is 17.1 Å². The minimum atomic E-state index is 0.440. The monoisotopic (exact) mass is 268 g/mol. The molecule has 0 aliphatic heterocycles. The van der Waals surface area contributed by atoms with E-state index in [1.54, 1.807) is 0 Å². The van der Waals surface area contributed by atoms with Crippen molar-refractivity contribution in [3.63, 3.8) is 0 Å². The molecule has 2 rings (SSSR count). The van der Waals surface area contributed by atoms with Gasteiger partial charge in [-0.2, -0.15) is 0 Å². The second-order valence-electron chi connectivity index (χ2n) is 5.78. The van der Waals surface area contributed by atoms with E-state index in [4.69, 9.17) is 0 Å². The molecule has 0 fully saturated rings. The Morgan fingerprint density at radius 1 is 0.750 bits per heavy atom. The summed E-state index contributed by atoms with van der Waals surface area (Å²) < 4.78 is 0. The van der Waals surface area contributed by atoms with Crippen molar-refractivity contribution < 1.29 is 0 Å². The minimum absolute atomic E-state index is 0.440. The number of hydrogen-bond acceptors (Lipinski definition) is 2. The molecule has 0 bridgehead atoms. The van der Waals surface area contributed by atoms with Gasteiger partial charge in [-0.25, -0.2) is 0 Å². The summed E-state index contributed by atoms with van der Waals surface area (Å²) >= 11 is 0. The summed E-state index contributed by atoms with van der Waals surface area (Å²) in [6.07, 6.45) is 0. The maximum absolute atomic E-state index is 3.44. The summed E-state index contributed by atoms with van der Waals surface area (Å²) in [4.78, 5) is 0. The summed E-state index contributed by atoms with van der Waals surface area (Å²) in [5.74, 6) is 0.572. The molecule has 0 unspecified atom stereocenters. The van der Waals surface area contributed by atoms with Crippen LogP contribution in [-0.4, -0.2) is 6.04 Å². The molecule has 0 radical (unpaired) electrons. The molecule has 2 aromatic carbocycles. The molecule has 0 spiro atoms. The van der Waals surface area contributed by atoms with E-state index in [1.807, 2.05) is 0 Å². The van der Waals surface area contributed by atoms with Crippen molar-refractivity contribution in [2.24, 2.45) is 0 Å². The Balaban J connectivity index is 2.09. The molecule has 0 aliphatic carbocycles. The molecular formula is C18H24N2. The molecule has 0 saturated carbocycles. The predicted octanol–water partition coefficient (Wildman–Crippen LogP) is 5.37. The molecule has 20 heavy (non-hydrogen) atoms. The first-order chi connectivity index (χ1) is 9.54. The quantitative estimate of drug-likeness (QED) is 0.761. The lowest BCUT2D eigenvalue weighted by Gasteiger charge is -2.13. The lowest BCUT2D eigenvalue weighted by Crippen LogP contribution is -2.09. The zero-order valence-electron chi connectivity index (χ0n) is 12.8. The summed E-state index contributed by atoms with van der Waals surface area (Å²) in [5, 5.41) is 6.86. The van der Waals surface area contributed by atoms with Crippen molar-refractivity contribution in [1.29, 1.82) is 0 Å². The van der Waals surface area contributed by atoms with E-state index in [2.05, 4.69) is 86.9 Å². The van der Waals surface area contributed by atoms with Crippen LogP contribution >= 0.6 is 0 Å². The standard InChI is InChI=1S/C18H24N2/c1-13(2)15-8-10-16(11-9-15)20-18-7-5-6-17(12-18)19-14(3)4/h5-14,19-20H,1-4H3. The second-order valence-corrected chi connectivity index (χ2v) is 5.78. The van der Waals surface area contributed by atoms with Crippen LogP contribution in [0.3, 0.4) is 0 Å². The number of anilines is 3. The fraction of sp³-hybridized carbons (Fsp3) is 0.333. The van der Waals surface area contributed by atoms with E-state index in [0.29, 0.717) is 12.0 Å². The Bertz CT molecular complexity index is 542. The molecule has 0 aromatic heterocycles. The summed E-state index contributed by atoms with van der Waals surface area (Å²) in [5.41, 5.74) is 4.73. The molecular weight excluding hydrogens is 244 g/mol. The zero-order valence-corrected chi connectivity index (χ0v) is 12.8. The average molecular weight is 268 g/mol. The molecule has 106 valence electrons. The topological polar surface area (TPSA) is 24.1 Å². The third-order valence-electron chi connectivity index (χ3n) is 3.18. The Morgan fingerprint density at radius 3 is 2.00 bits per heavy atom. The molecule has 2 heteroatoms. The van der Waals surface area contributed by atoms with Gasteiger partial charge in [0.25, 0.3) is 0 Å². The van der Waals surface area contributed by atoms with Crippen molar-refractivity contribution in [1.82, 2.24) is 0 Å². The van der Waals surface area contributed by atoms with Gasteiger partial charge in [0.1, 0.15) is 0 Å². The zero-order chi connectivity index (χ0) is 14.5. The molecule has 0 heterocycles. The number of rotatable bonds is 5. The molecule has 2 N–H and O–H groups in total. The molecule has 0 amide bonds. The van der Waals surface area contributed by atoms with E-state index in [0.717, 1.165) is 17.1 Å². The Labute approximate surface area is 122 Å². The first-order valence-corrected chi connectivity index (χ1v) is 7.28. The number of nitrogens with one attached hydrogen (secondary N) is 2. The van der Waals surface area contributed by atoms with Crippen molar-refractivity contribution in [3.05, 3.63) is 54.1 Å². The van der Waals surface area contributed by atoms with Gasteiger partial charge in [-0.15, -0.1) is 0 Å². The van der Waals surface area contributed by atoms with Crippen LogP contribution in [0.1, 0.15) is 39.2 Å². The van der Waals surface area contributed by atoms with Crippen molar-refractivity contribution >= 4 is 17.1 Å². The van der Waals surface area contributed by atoms with Gasteiger partial charge in [0.05, 0.1) is 0 Å². The average Bonchev–Trinajstić information content (AvgIpc) is 2.39. The van der Waals surface area contributed by atoms with Crippen LogP contribution in [0.15, 0.2) is 48.5 Å². The number of benzene rings is 2. The van der Waals surface area contributed by atoms with Crippen LogP contribution in [0, 0.1) is 0 Å². The lowest BCUT2D eigenvalue weighted by atomic mass is 10.0. The Morgan fingerprint density at radius 2 is 1.40 bits per heavy atom. The smallest absolute Gasteiger partial charge is 0.0404 e. The highest BCUT2D eigenvalue weighted by Gasteiger charge is 2.01. The fourth-order valence-electron chi connectivity index (χ4n) is 2.14. The highest BCUT2D eigenvalue weighted by molar-refractivity contribution is 5.64. The molecule has 0 saturated heterocycles. The number of hydrogen-bond donors (Lipinski definition) is 2. The molecule has 2 aromatic rings. The van der Waals surface area contributed by atoms with Gasteiger partial charge >= 0.3 is 0 Å². The largest absolute Gasteiger partial charge is 0.383 e. The van der Waals surface area contributed by atoms with E-state index >= 15 is 0 Å². The third kappa shape index (κ3) is 4.02. The Kier molecular flexibility index (Phi) is 4.67. The Hall–Kier alpha value is -1.96. The van der Waals surface area contributed by atoms with E-state index in [-0.39, 0.29) is 0 Å². The molecule has 2 nitrogen and oxygen atoms in total. The van der Waals surface area contributed by atoms with Crippen LogP contribution in [-0.2, 0) is 0 Å². The summed E-state index contributed by atoms with van der Waals surface area (Å²) in [6.45, 7) is 8.71. The van der Waals surface area contributed by atoms with Crippen molar-refractivity contribution in [2.75, 3.05) is 10.6 Å². The van der Waals surface area contributed by atoms with E-state index in [9.17, 15) is 0 Å². The van der Waals surface area contributed by atoms with Gasteiger partial charge in [-0.05, 0) is 55.7 Å². The molecule has 0 atom stereocenters. The lowest BCUT2D eigenvalue weighted by molar-refractivity contribution is 0.867. The van der Waals surface area contributed by atoms with Crippen LogP contribution in [0.5, 0.6) is 0 Å². The van der Waals surface area contributed by atoms with Gasteiger partial charge in [-0.3, -0.25) is 0 Å². The van der Waals surface area contributed by atoms with Crippen LogP contribution < -0.4 is 10.6 Å². The first-order valence-electron chi connectivity index (χ1n) is 7.28. The normalized spacial score (nSPS) is 10.9. The third-order valence-corrected chi connectivity index (χ3v) is 3.18. The minimum Gasteiger partial charge on any atom is -0.383 e. The highest BCUT2D eigenvalue weighted by Crippen LogP contribution is 2.22. The SMILES string of the molecule is CC(C)Nc1cccc(Nc2ccc(C(C)C)cc2)c1. The summed E-state index contributed by atoms with van der Waals surface area (Å²) in [7, 11) is 0. The van der Waals surface area contributed by atoms with E-state index < -0.39 is 0 Å². The first kappa shape index (κ1) is 14.4. The van der Waals surface area contributed by atoms with Crippen molar-refractivity contribution in [2.45, 2.75) is 39.7 Å². The predicted molar refractivity (Wildman–Crippen MR) is 89.0 cm³/mol. The van der Waals surface area contributed by atoms with Gasteiger partial charge in [0.2, 0.25) is 0 Å². The van der Waals surface area contributed by atoms with Gasteiger partial charge < -0.3 is 10.6 Å². The van der Waals surface area contributed by atoms with Gasteiger partial charge in [0, 0.05) is 23.1 Å².